The second-order valence-electron chi connectivity index (χ2n) is 7.83. The molecule has 2 aliphatic rings. The summed E-state index contributed by atoms with van der Waals surface area (Å²) in [5.41, 5.74) is 3.42. The number of hydrogen-bond acceptors (Lipinski definition) is 5. The molecule has 5 nitrogen and oxygen atoms in total. The minimum atomic E-state index is -0.678. The number of benzene rings is 2. The summed E-state index contributed by atoms with van der Waals surface area (Å²) >= 11 is 0. The van der Waals surface area contributed by atoms with E-state index in [4.69, 9.17) is 9.47 Å². The molecular formula is C22H26N2O3. The topological polar surface area (TPSA) is 42.0 Å². The smallest absolute Gasteiger partial charge is 0.426 e. The predicted octanol–water partition coefficient (Wildman–Crippen LogP) is 4.33. The quantitative estimate of drug-likeness (QED) is 0.597. The Labute approximate surface area is 160 Å². The Morgan fingerprint density at radius 3 is 2.67 bits per heavy atom. The van der Waals surface area contributed by atoms with Gasteiger partial charge in [0.2, 0.25) is 0 Å². The molecule has 4 rings (SSSR count). The van der Waals surface area contributed by atoms with Gasteiger partial charge in [0.25, 0.3) is 0 Å². The molecule has 142 valence electrons. The minimum absolute atomic E-state index is 0.0411. The van der Waals surface area contributed by atoms with Crippen LogP contribution in [0.4, 0.5) is 10.5 Å². The predicted molar refractivity (Wildman–Crippen MR) is 105 cm³/mol. The Kier molecular flexibility index (Phi) is 4.35. The highest BCUT2D eigenvalue weighted by atomic mass is 16.7. The van der Waals surface area contributed by atoms with Crippen LogP contribution in [-0.2, 0) is 10.2 Å². The monoisotopic (exact) mass is 366 g/mol. The van der Waals surface area contributed by atoms with E-state index in [0.29, 0.717) is 11.9 Å². The largest absolute Gasteiger partial charge is 0.514 e. The number of hydrogen-bond donors (Lipinski definition) is 0. The summed E-state index contributed by atoms with van der Waals surface area (Å²) in [6.07, 6.45) is 0.394. The molecule has 0 aromatic heterocycles. The van der Waals surface area contributed by atoms with Crippen molar-refractivity contribution in [1.29, 1.82) is 0 Å². The third-order valence-corrected chi connectivity index (χ3v) is 6.04. The zero-order valence-corrected chi connectivity index (χ0v) is 16.3. The van der Waals surface area contributed by atoms with Crippen LogP contribution in [0.1, 0.15) is 37.5 Å². The number of likely N-dealkylation sites (tertiary alicyclic amines) is 1. The molecule has 2 heterocycles. The molecule has 0 N–H and O–H groups in total. The Balaban J connectivity index is 1.50. The highest BCUT2D eigenvalue weighted by Gasteiger charge is 2.52. The molecule has 5 heteroatoms. The molecule has 27 heavy (non-hydrogen) atoms. The second-order valence-corrected chi connectivity index (χ2v) is 7.83. The lowest BCUT2D eigenvalue weighted by Crippen LogP contribution is -2.45. The SMILES string of the molecule is CC(OC(=O)Oc1ccc2c(c1)[C@]1(C)CCN(C)[C@@H]1N2C)c1ccccc1. The van der Waals surface area contributed by atoms with Gasteiger partial charge in [0.1, 0.15) is 11.9 Å². The molecule has 2 aliphatic heterocycles. The van der Waals surface area contributed by atoms with Crippen molar-refractivity contribution in [3.05, 3.63) is 59.7 Å². The summed E-state index contributed by atoms with van der Waals surface area (Å²) < 4.78 is 10.9. The zero-order valence-electron chi connectivity index (χ0n) is 16.3. The number of likely N-dealkylation sites (N-methyl/N-ethyl adjacent to an activating group) is 2. The van der Waals surface area contributed by atoms with Crippen molar-refractivity contribution in [1.82, 2.24) is 4.90 Å². The van der Waals surface area contributed by atoms with Gasteiger partial charge in [0.15, 0.2) is 0 Å². The molecule has 0 spiro atoms. The summed E-state index contributed by atoms with van der Waals surface area (Å²) in [5, 5.41) is 0. The van der Waals surface area contributed by atoms with Crippen LogP contribution >= 0.6 is 0 Å². The highest BCUT2D eigenvalue weighted by molar-refractivity contribution is 5.69. The van der Waals surface area contributed by atoms with Crippen LogP contribution < -0.4 is 9.64 Å². The van der Waals surface area contributed by atoms with E-state index < -0.39 is 6.16 Å². The zero-order chi connectivity index (χ0) is 19.2. The van der Waals surface area contributed by atoms with E-state index in [0.717, 1.165) is 18.5 Å². The normalized spacial score (nSPS) is 25.0. The van der Waals surface area contributed by atoms with Crippen LogP contribution in [0.15, 0.2) is 48.5 Å². The van der Waals surface area contributed by atoms with Crippen molar-refractivity contribution in [2.75, 3.05) is 25.5 Å². The van der Waals surface area contributed by atoms with Crippen LogP contribution in [0, 0.1) is 0 Å². The average molecular weight is 366 g/mol. The van der Waals surface area contributed by atoms with Crippen molar-refractivity contribution in [2.24, 2.45) is 0 Å². The molecule has 0 bridgehead atoms. The molecule has 3 atom stereocenters. The number of nitrogens with zero attached hydrogens (tertiary/aromatic N) is 2. The Bertz CT molecular complexity index is 854. The Hall–Kier alpha value is -2.53. The summed E-state index contributed by atoms with van der Waals surface area (Å²) in [4.78, 5) is 17.0. The summed E-state index contributed by atoms with van der Waals surface area (Å²) in [7, 11) is 4.30. The lowest BCUT2D eigenvalue weighted by Gasteiger charge is -2.32. The van der Waals surface area contributed by atoms with E-state index in [-0.39, 0.29) is 11.5 Å². The average Bonchev–Trinajstić information content (AvgIpc) is 3.08. The van der Waals surface area contributed by atoms with Gasteiger partial charge in [-0.3, -0.25) is 4.90 Å². The molecular weight excluding hydrogens is 340 g/mol. The first-order valence-corrected chi connectivity index (χ1v) is 9.41. The first kappa shape index (κ1) is 17.9. The number of ether oxygens (including phenoxy) is 2. The number of carbonyl (C=O) groups excluding carboxylic acids is 1. The molecule has 0 aliphatic carbocycles. The second kappa shape index (κ2) is 6.57. The molecule has 1 saturated heterocycles. The van der Waals surface area contributed by atoms with Gasteiger partial charge in [-0.1, -0.05) is 37.3 Å². The number of fused-ring (bicyclic) bond motifs is 3. The molecule has 2 aromatic carbocycles. The maximum atomic E-state index is 12.3. The fourth-order valence-corrected chi connectivity index (χ4v) is 4.68. The number of anilines is 1. The Morgan fingerprint density at radius 1 is 1.19 bits per heavy atom. The molecule has 1 fully saturated rings. The first-order valence-electron chi connectivity index (χ1n) is 9.41. The number of rotatable bonds is 3. The van der Waals surface area contributed by atoms with E-state index in [1.54, 1.807) is 0 Å². The van der Waals surface area contributed by atoms with E-state index in [1.807, 2.05) is 55.5 Å². The third kappa shape index (κ3) is 2.96. The van der Waals surface area contributed by atoms with Crippen LogP contribution in [0.5, 0.6) is 5.75 Å². The Morgan fingerprint density at radius 2 is 1.93 bits per heavy atom. The molecule has 0 amide bonds. The van der Waals surface area contributed by atoms with Gasteiger partial charge in [-0.15, -0.1) is 0 Å². The van der Waals surface area contributed by atoms with Crippen molar-refractivity contribution < 1.29 is 14.3 Å². The standard InChI is InChI=1S/C22H26N2O3/c1-15(16-8-6-5-7-9-16)26-21(25)27-17-10-11-19-18(14-17)22(2)12-13-23(3)20(22)24(19)4/h5-11,14-15,20H,12-13H2,1-4H3/t15?,20-,22+/m1/s1. The summed E-state index contributed by atoms with van der Waals surface area (Å²) in [6.45, 7) is 5.20. The van der Waals surface area contributed by atoms with Crippen LogP contribution in [0.25, 0.3) is 0 Å². The van der Waals surface area contributed by atoms with Gasteiger partial charge >= 0.3 is 6.16 Å². The first-order chi connectivity index (χ1) is 12.9. The van der Waals surface area contributed by atoms with E-state index in [9.17, 15) is 4.79 Å². The van der Waals surface area contributed by atoms with Crippen LogP contribution in [0.3, 0.4) is 0 Å². The number of carbonyl (C=O) groups is 1. The van der Waals surface area contributed by atoms with Gasteiger partial charge < -0.3 is 14.4 Å². The molecule has 0 radical (unpaired) electrons. The maximum Gasteiger partial charge on any atom is 0.514 e. The van der Waals surface area contributed by atoms with Crippen LogP contribution in [0.2, 0.25) is 0 Å². The lowest BCUT2D eigenvalue weighted by atomic mass is 9.81. The molecule has 1 unspecified atom stereocenters. The minimum Gasteiger partial charge on any atom is -0.426 e. The van der Waals surface area contributed by atoms with Gasteiger partial charge in [-0.25, -0.2) is 4.79 Å². The van der Waals surface area contributed by atoms with Gasteiger partial charge in [-0.2, -0.15) is 0 Å². The van der Waals surface area contributed by atoms with Crippen LogP contribution in [-0.4, -0.2) is 37.9 Å². The maximum absolute atomic E-state index is 12.3. The fourth-order valence-electron chi connectivity index (χ4n) is 4.68. The van der Waals surface area contributed by atoms with E-state index in [1.165, 1.54) is 11.3 Å². The van der Waals surface area contributed by atoms with Crippen molar-refractivity contribution in [3.8, 4) is 5.75 Å². The van der Waals surface area contributed by atoms with Crippen molar-refractivity contribution in [2.45, 2.75) is 38.0 Å². The summed E-state index contributed by atoms with van der Waals surface area (Å²) in [5.74, 6) is 0.531. The lowest BCUT2D eigenvalue weighted by molar-refractivity contribution is 0.0655. The van der Waals surface area contributed by atoms with Gasteiger partial charge in [-0.05, 0) is 49.7 Å². The third-order valence-electron chi connectivity index (χ3n) is 6.04. The van der Waals surface area contributed by atoms with Crippen molar-refractivity contribution >= 4 is 11.8 Å². The fraction of sp³-hybridized carbons (Fsp3) is 0.409. The molecule has 2 aromatic rings. The van der Waals surface area contributed by atoms with Gasteiger partial charge in [0.05, 0.1) is 6.17 Å². The highest BCUT2D eigenvalue weighted by Crippen LogP contribution is 2.51. The van der Waals surface area contributed by atoms with Crippen molar-refractivity contribution in [3.63, 3.8) is 0 Å². The summed E-state index contributed by atoms with van der Waals surface area (Å²) in [6, 6.07) is 15.5. The molecule has 0 saturated carbocycles. The van der Waals surface area contributed by atoms with E-state index in [2.05, 4.69) is 30.8 Å². The van der Waals surface area contributed by atoms with E-state index >= 15 is 0 Å². The van der Waals surface area contributed by atoms with Gasteiger partial charge in [0, 0.05) is 24.7 Å².